The maximum absolute atomic E-state index is 12.7. The Morgan fingerprint density at radius 1 is 0.591 bits per heavy atom. The molecule has 0 N–H and O–H groups in total. The summed E-state index contributed by atoms with van der Waals surface area (Å²) < 4.78 is 10.5. The molecule has 0 atom stereocenters. The third-order valence-corrected chi connectivity index (χ3v) is 6.43. The molecule has 0 unspecified atom stereocenters. The normalized spacial score (nSPS) is 11.0. The lowest BCUT2D eigenvalue weighted by Crippen LogP contribution is -2.15. The van der Waals surface area contributed by atoms with Gasteiger partial charge in [-0.3, -0.25) is 4.99 Å². The van der Waals surface area contributed by atoms with Crippen molar-refractivity contribution < 1.29 is 19.1 Å². The van der Waals surface area contributed by atoms with Gasteiger partial charge in [0.25, 0.3) is 0 Å². The zero-order chi connectivity index (χ0) is 31.0. The van der Waals surface area contributed by atoms with E-state index in [1.165, 1.54) is 12.2 Å². The van der Waals surface area contributed by atoms with Crippen molar-refractivity contribution in [1.82, 2.24) is 0 Å². The smallest absolute Gasteiger partial charge is 0.357 e. The van der Waals surface area contributed by atoms with Crippen LogP contribution in [0.15, 0.2) is 162 Å². The Bertz CT molecular complexity index is 1650. The number of nitriles is 1. The summed E-state index contributed by atoms with van der Waals surface area (Å²) >= 11 is 0. The second-order valence-corrected chi connectivity index (χ2v) is 9.30. The highest BCUT2D eigenvalue weighted by Crippen LogP contribution is 2.25. The quantitative estimate of drug-likeness (QED) is 0.0437. The molecule has 0 radical (unpaired) electrons. The number of esters is 2. The SMILES string of the molecule is C=N/C(=C/C=C(c1ccccc1)c1ccccc1)C(=O)OCCOC(=O)/C(C#N)=C\C=C(c1ccccc1)c1ccccc1. The largest absolute Gasteiger partial charge is 0.458 e. The van der Waals surface area contributed by atoms with Gasteiger partial charge in [-0.25, -0.2) is 9.59 Å². The van der Waals surface area contributed by atoms with Crippen molar-refractivity contribution in [2.75, 3.05) is 13.2 Å². The standard InChI is InChI=1S/C38H30N2O4/c1-40-36(25-24-35(31-18-10-4-11-19-31)32-20-12-5-13-21-32)38(42)44-27-26-43-37(41)33(28-39)22-23-34(29-14-6-2-7-15-29)30-16-8-3-9-17-30/h2-25H,1,26-27H2/b33-22-,36-25+. The fourth-order valence-electron chi connectivity index (χ4n) is 4.27. The number of ether oxygens (including phenoxy) is 2. The molecule has 0 saturated heterocycles. The van der Waals surface area contributed by atoms with Crippen LogP contribution in [0, 0.1) is 11.3 Å². The number of aliphatic imine (C=N–C) groups is 1. The molecule has 0 heterocycles. The summed E-state index contributed by atoms with van der Waals surface area (Å²) in [6.45, 7) is 3.03. The van der Waals surface area contributed by atoms with Crippen LogP contribution in [0.4, 0.5) is 0 Å². The molecule has 0 aliphatic rings. The van der Waals surface area contributed by atoms with Crippen LogP contribution in [0.25, 0.3) is 11.1 Å². The van der Waals surface area contributed by atoms with Crippen LogP contribution >= 0.6 is 0 Å². The summed E-state index contributed by atoms with van der Waals surface area (Å²) in [5.41, 5.74) is 5.34. The molecule has 216 valence electrons. The Morgan fingerprint density at radius 3 is 1.32 bits per heavy atom. The molecule has 0 aromatic heterocycles. The minimum absolute atomic E-state index is 0.00205. The summed E-state index contributed by atoms with van der Waals surface area (Å²) in [7, 11) is 0. The second kappa shape index (κ2) is 16.4. The molecule has 4 aromatic carbocycles. The van der Waals surface area contributed by atoms with Crippen molar-refractivity contribution in [1.29, 1.82) is 5.26 Å². The predicted molar refractivity (Wildman–Crippen MR) is 173 cm³/mol. The molecule has 0 spiro atoms. The lowest BCUT2D eigenvalue weighted by Gasteiger charge is -2.09. The Kier molecular flexibility index (Phi) is 11.5. The van der Waals surface area contributed by atoms with Gasteiger partial charge < -0.3 is 9.47 Å². The van der Waals surface area contributed by atoms with Crippen LogP contribution in [0.1, 0.15) is 22.3 Å². The predicted octanol–water partition coefficient (Wildman–Crippen LogP) is 7.37. The van der Waals surface area contributed by atoms with E-state index in [0.29, 0.717) is 0 Å². The van der Waals surface area contributed by atoms with Gasteiger partial charge in [0.05, 0.1) is 0 Å². The van der Waals surface area contributed by atoms with Gasteiger partial charge in [0.2, 0.25) is 0 Å². The van der Waals surface area contributed by atoms with Crippen molar-refractivity contribution in [3.8, 4) is 6.07 Å². The van der Waals surface area contributed by atoms with Gasteiger partial charge in [-0.2, -0.15) is 5.26 Å². The number of carbonyl (C=O) groups excluding carboxylic acids is 2. The highest BCUT2D eigenvalue weighted by molar-refractivity contribution is 5.94. The van der Waals surface area contributed by atoms with E-state index in [0.717, 1.165) is 33.4 Å². The molecule has 44 heavy (non-hydrogen) atoms. The molecule has 0 amide bonds. The van der Waals surface area contributed by atoms with Gasteiger partial charge in [-0.05, 0) is 52.3 Å². The third-order valence-electron chi connectivity index (χ3n) is 6.43. The van der Waals surface area contributed by atoms with Gasteiger partial charge in [0.1, 0.15) is 30.6 Å². The summed E-state index contributed by atoms with van der Waals surface area (Å²) in [5.74, 6) is -1.54. The zero-order valence-corrected chi connectivity index (χ0v) is 24.0. The van der Waals surface area contributed by atoms with E-state index in [2.05, 4.69) is 11.7 Å². The minimum Gasteiger partial charge on any atom is -0.458 e. The van der Waals surface area contributed by atoms with Gasteiger partial charge >= 0.3 is 11.9 Å². The highest BCUT2D eigenvalue weighted by Gasteiger charge is 2.13. The van der Waals surface area contributed by atoms with E-state index in [1.54, 1.807) is 12.2 Å². The maximum atomic E-state index is 12.7. The number of hydrogen-bond acceptors (Lipinski definition) is 6. The fraction of sp³-hybridized carbons (Fsp3) is 0.0526. The summed E-state index contributed by atoms with van der Waals surface area (Å²) in [6.07, 6.45) is 6.46. The number of allylic oxidation sites excluding steroid dienone is 4. The molecule has 6 heteroatoms. The molecule has 6 nitrogen and oxygen atoms in total. The van der Waals surface area contributed by atoms with E-state index >= 15 is 0 Å². The second-order valence-electron chi connectivity index (χ2n) is 9.30. The first-order chi connectivity index (χ1) is 21.6. The lowest BCUT2D eigenvalue weighted by atomic mass is 9.97. The number of carbonyl (C=O) groups is 2. The molecule has 0 bridgehead atoms. The number of hydrogen-bond donors (Lipinski definition) is 0. The number of benzene rings is 4. The summed E-state index contributed by atoms with van der Waals surface area (Å²) in [6, 6.07) is 40.7. The molecule has 0 saturated carbocycles. The Balaban J connectivity index is 1.40. The fourth-order valence-corrected chi connectivity index (χ4v) is 4.27. The third kappa shape index (κ3) is 8.72. The molecule has 4 rings (SSSR count). The summed E-state index contributed by atoms with van der Waals surface area (Å²) in [5, 5.41) is 9.60. The molecular weight excluding hydrogens is 548 g/mol. The van der Waals surface area contributed by atoms with E-state index in [1.807, 2.05) is 127 Å². The van der Waals surface area contributed by atoms with Crippen LogP contribution in [-0.2, 0) is 19.1 Å². The van der Waals surface area contributed by atoms with Crippen molar-refractivity contribution in [3.63, 3.8) is 0 Å². The van der Waals surface area contributed by atoms with Crippen molar-refractivity contribution >= 4 is 29.8 Å². The van der Waals surface area contributed by atoms with Crippen LogP contribution in [-0.4, -0.2) is 31.9 Å². The molecular formula is C38H30N2O4. The molecule has 4 aromatic rings. The van der Waals surface area contributed by atoms with Gasteiger partial charge in [-0.15, -0.1) is 0 Å². The zero-order valence-electron chi connectivity index (χ0n) is 24.0. The highest BCUT2D eigenvalue weighted by atomic mass is 16.6. The monoisotopic (exact) mass is 578 g/mol. The van der Waals surface area contributed by atoms with Crippen molar-refractivity contribution in [3.05, 3.63) is 179 Å². The lowest BCUT2D eigenvalue weighted by molar-refractivity contribution is -0.147. The summed E-state index contributed by atoms with van der Waals surface area (Å²) in [4.78, 5) is 29.1. The van der Waals surface area contributed by atoms with Gasteiger partial charge in [0, 0.05) is 0 Å². The number of nitrogens with zero attached hydrogens (tertiary/aromatic N) is 2. The van der Waals surface area contributed by atoms with Crippen molar-refractivity contribution in [2.45, 2.75) is 0 Å². The van der Waals surface area contributed by atoms with Crippen LogP contribution in [0.2, 0.25) is 0 Å². The first-order valence-electron chi connectivity index (χ1n) is 13.9. The average Bonchev–Trinajstić information content (AvgIpc) is 3.08. The van der Waals surface area contributed by atoms with Crippen molar-refractivity contribution in [2.24, 2.45) is 4.99 Å². The topological polar surface area (TPSA) is 88.8 Å². The van der Waals surface area contributed by atoms with E-state index in [4.69, 9.17) is 9.47 Å². The average molecular weight is 579 g/mol. The van der Waals surface area contributed by atoms with Gasteiger partial charge in [0.15, 0.2) is 0 Å². The minimum atomic E-state index is -0.823. The Morgan fingerprint density at radius 2 is 0.955 bits per heavy atom. The van der Waals surface area contributed by atoms with E-state index < -0.39 is 11.9 Å². The molecule has 0 aliphatic carbocycles. The Labute approximate surface area is 257 Å². The maximum Gasteiger partial charge on any atom is 0.357 e. The van der Waals surface area contributed by atoms with Gasteiger partial charge in [-0.1, -0.05) is 133 Å². The molecule has 0 fully saturated rings. The molecule has 0 aliphatic heterocycles. The van der Waals surface area contributed by atoms with E-state index in [9.17, 15) is 14.9 Å². The van der Waals surface area contributed by atoms with Crippen LogP contribution in [0.3, 0.4) is 0 Å². The first-order valence-corrected chi connectivity index (χ1v) is 13.9. The van der Waals surface area contributed by atoms with E-state index in [-0.39, 0.29) is 24.5 Å². The van der Waals surface area contributed by atoms with Crippen LogP contribution in [0.5, 0.6) is 0 Å². The first kappa shape index (κ1) is 30.9. The number of rotatable bonds is 12. The Hall–Kier alpha value is -6.06. The van der Waals surface area contributed by atoms with Crippen LogP contribution < -0.4 is 0 Å².